The molecule has 1 aromatic rings. The lowest BCUT2D eigenvalue weighted by Crippen LogP contribution is -2.54. The minimum atomic E-state index is -4.70. The number of halogens is 5. The predicted molar refractivity (Wildman–Crippen MR) is 101 cm³/mol. The van der Waals surface area contributed by atoms with E-state index in [1.807, 2.05) is 4.90 Å². The van der Waals surface area contributed by atoms with Crippen molar-refractivity contribution in [1.82, 2.24) is 10.2 Å². The summed E-state index contributed by atoms with van der Waals surface area (Å²) in [5.74, 6) is -1.42. The van der Waals surface area contributed by atoms with E-state index in [-0.39, 0.29) is 42.7 Å². The summed E-state index contributed by atoms with van der Waals surface area (Å²) in [6.45, 7) is 2.44. The summed E-state index contributed by atoms with van der Waals surface area (Å²) >= 11 is 0. The van der Waals surface area contributed by atoms with E-state index in [9.17, 15) is 22.8 Å². The molecular formula is C16H21Cl2F3N4O2. The van der Waals surface area contributed by atoms with Gasteiger partial charge in [-0.1, -0.05) is 12.1 Å². The molecule has 1 saturated heterocycles. The molecule has 0 saturated carbocycles. The number of hydrogen-bond donors (Lipinski definition) is 2. The van der Waals surface area contributed by atoms with E-state index < -0.39 is 30.5 Å². The molecular weight excluding hydrogens is 408 g/mol. The van der Waals surface area contributed by atoms with Crippen molar-refractivity contribution in [2.45, 2.75) is 18.6 Å². The van der Waals surface area contributed by atoms with Crippen LogP contribution in [0.1, 0.15) is 6.42 Å². The summed E-state index contributed by atoms with van der Waals surface area (Å²) in [5.41, 5.74) is 0.295. The molecule has 2 amide bonds. The van der Waals surface area contributed by atoms with Crippen LogP contribution in [0.25, 0.3) is 0 Å². The average molecular weight is 429 g/mol. The topological polar surface area (TPSA) is 64.7 Å². The van der Waals surface area contributed by atoms with Gasteiger partial charge in [0.1, 0.15) is 6.04 Å². The number of piperazine rings is 1. The van der Waals surface area contributed by atoms with E-state index in [0.717, 1.165) is 4.90 Å². The minimum Gasteiger partial charge on any atom is -0.324 e. The summed E-state index contributed by atoms with van der Waals surface area (Å²) in [5, 5.41) is 5.59. The third kappa shape index (κ3) is 5.47. The first-order chi connectivity index (χ1) is 11.9. The van der Waals surface area contributed by atoms with E-state index in [2.05, 4.69) is 10.6 Å². The zero-order valence-corrected chi connectivity index (χ0v) is 15.9. The van der Waals surface area contributed by atoms with E-state index in [1.165, 1.54) is 12.1 Å². The van der Waals surface area contributed by atoms with Gasteiger partial charge in [-0.3, -0.25) is 19.4 Å². The van der Waals surface area contributed by atoms with Crippen molar-refractivity contribution in [2.75, 3.05) is 42.9 Å². The van der Waals surface area contributed by atoms with Gasteiger partial charge in [-0.25, -0.2) is 0 Å². The quantitative estimate of drug-likeness (QED) is 0.756. The van der Waals surface area contributed by atoms with E-state index >= 15 is 0 Å². The largest absolute Gasteiger partial charge is 0.409 e. The molecule has 27 heavy (non-hydrogen) atoms. The lowest BCUT2D eigenvalue weighted by atomic mass is 10.1. The van der Waals surface area contributed by atoms with Gasteiger partial charge in [0.2, 0.25) is 11.8 Å². The van der Waals surface area contributed by atoms with Gasteiger partial charge in [0.05, 0.1) is 24.3 Å². The van der Waals surface area contributed by atoms with Crippen LogP contribution in [0.4, 0.5) is 24.5 Å². The van der Waals surface area contributed by atoms with Gasteiger partial charge in [0, 0.05) is 26.2 Å². The molecule has 2 aliphatic heterocycles. The normalized spacial score (nSPS) is 20.5. The first kappa shape index (κ1) is 23.5. The van der Waals surface area contributed by atoms with Gasteiger partial charge in [-0.05, 0) is 12.1 Å². The molecule has 0 spiro atoms. The Balaban J connectivity index is 0.00000182. The summed E-state index contributed by atoms with van der Waals surface area (Å²) in [7, 11) is 0. The van der Waals surface area contributed by atoms with Gasteiger partial charge in [-0.15, -0.1) is 24.8 Å². The monoisotopic (exact) mass is 428 g/mol. The van der Waals surface area contributed by atoms with Crippen LogP contribution in [-0.4, -0.2) is 61.7 Å². The lowest BCUT2D eigenvalue weighted by molar-refractivity contribution is -0.158. The fraction of sp³-hybridized carbons (Fsp3) is 0.500. The molecule has 0 radical (unpaired) electrons. The van der Waals surface area contributed by atoms with E-state index in [1.54, 1.807) is 12.1 Å². The summed E-state index contributed by atoms with van der Waals surface area (Å²) < 4.78 is 40.7. The zero-order valence-electron chi connectivity index (χ0n) is 14.3. The highest BCUT2D eigenvalue weighted by atomic mass is 35.5. The van der Waals surface area contributed by atoms with Crippen LogP contribution in [0, 0.1) is 0 Å². The minimum absolute atomic E-state index is 0. The summed E-state index contributed by atoms with van der Waals surface area (Å²) in [4.78, 5) is 27.2. The molecule has 0 bridgehead atoms. The Morgan fingerprint density at radius 2 is 1.78 bits per heavy atom. The second-order valence-electron chi connectivity index (χ2n) is 6.12. The molecule has 2 aliphatic rings. The fourth-order valence-corrected chi connectivity index (χ4v) is 3.13. The number of carbonyl (C=O) groups excluding carboxylic acids is 2. The number of anilines is 2. The van der Waals surface area contributed by atoms with Gasteiger partial charge >= 0.3 is 6.18 Å². The van der Waals surface area contributed by atoms with Crippen molar-refractivity contribution < 1.29 is 22.8 Å². The Morgan fingerprint density at radius 1 is 1.15 bits per heavy atom. The number of nitrogens with zero attached hydrogens (tertiary/aromatic N) is 2. The van der Waals surface area contributed by atoms with Crippen LogP contribution in [0.3, 0.4) is 0 Å². The van der Waals surface area contributed by atoms with Crippen molar-refractivity contribution in [3.8, 4) is 0 Å². The Hall–Kier alpha value is -1.55. The average Bonchev–Trinajstić information content (AvgIpc) is 2.71. The first-order valence-corrected chi connectivity index (χ1v) is 8.07. The van der Waals surface area contributed by atoms with Gasteiger partial charge < -0.3 is 10.6 Å². The lowest BCUT2D eigenvalue weighted by Gasteiger charge is -2.34. The Labute approximate surface area is 167 Å². The Kier molecular flexibility index (Phi) is 8.34. The van der Waals surface area contributed by atoms with Crippen LogP contribution in [0.2, 0.25) is 0 Å². The molecule has 1 unspecified atom stereocenters. The number of benzene rings is 1. The highest BCUT2D eigenvalue weighted by molar-refractivity contribution is 6.05. The van der Waals surface area contributed by atoms with Crippen LogP contribution in [-0.2, 0) is 9.59 Å². The SMILES string of the molecule is Cl.Cl.O=C1CC(C(F)(F)F)N(C(=O)CN2CCNCC2)c2ccccc2N1. The van der Waals surface area contributed by atoms with Crippen molar-refractivity contribution in [3.05, 3.63) is 24.3 Å². The van der Waals surface area contributed by atoms with E-state index in [4.69, 9.17) is 0 Å². The molecule has 2 N–H and O–H groups in total. The third-order valence-electron chi connectivity index (χ3n) is 4.34. The second-order valence-corrected chi connectivity index (χ2v) is 6.12. The molecule has 0 aliphatic carbocycles. The molecule has 3 rings (SSSR count). The van der Waals surface area contributed by atoms with Crippen LogP contribution < -0.4 is 15.5 Å². The van der Waals surface area contributed by atoms with Crippen LogP contribution in [0.5, 0.6) is 0 Å². The number of para-hydroxylation sites is 2. The molecule has 1 atom stereocenters. The maximum Gasteiger partial charge on any atom is 0.409 e. The smallest absolute Gasteiger partial charge is 0.324 e. The standard InChI is InChI=1S/C16H19F3N4O2.2ClH/c17-16(18,19)13-9-14(24)21-11-3-1-2-4-12(11)23(13)15(25)10-22-7-5-20-6-8-22;;/h1-4,13,20H,5-10H2,(H,21,24);2*1H. The second kappa shape index (κ2) is 9.59. The zero-order chi connectivity index (χ0) is 18.0. The van der Waals surface area contributed by atoms with E-state index in [0.29, 0.717) is 26.2 Å². The van der Waals surface area contributed by atoms with Crippen molar-refractivity contribution >= 4 is 48.0 Å². The number of hydrogen-bond acceptors (Lipinski definition) is 4. The molecule has 0 aromatic heterocycles. The Bertz CT molecular complexity index is 669. The number of nitrogens with one attached hydrogen (secondary N) is 2. The Morgan fingerprint density at radius 3 is 2.41 bits per heavy atom. The molecule has 152 valence electrons. The molecule has 2 heterocycles. The summed E-state index contributed by atoms with van der Waals surface area (Å²) in [6, 6.07) is 3.90. The highest BCUT2D eigenvalue weighted by Gasteiger charge is 2.49. The molecule has 1 aromatic carbocycles. The maximum atomic E-state index is 13.6. The van der Waals surface area contributed by atoms with Gasteiger partial charge in [-0.2, -0.15) is 13.2 Å². The number of alkyl halides is 3. The van der Waals surface area contributed by atoms with Crippen molar-refractivity contribution in [1.29, 1.82) is 0 Å². The van der Waals surface area contributed by atoms with Crippen LogP contribution in [0.15, 0.2) is 24.3 Å². The molecule has 1 fully saturated rings. The molecule has 11 heteroatoms. The maximum absolute atomic E-state index is 13.6. The van der Waals surface area contributed by atoms with Gasteiger partial charge in [0.25, 0.3) is 0 Å². The number of carbonyl (C=O) groups is 2. The highest BCUT2D eigenvalue weighted by Crippen LogP contribution is 2.37. The van der Waals surface area contributed by atoms with Gasteiger partial charge in [0.15, 0.2) is 0 Å². The number of amides is 2. The first-order valence-electron chi connectivity index (χ1n) is 8.07. The van der Waals surface area contributed by atoms with Crippen LogP contribution >= 0.6 is 24.8 Å². The predicted octanol–water partition coefficient (Wildman–Crippen LogP) is 2.04. The van der Waals surface area contributed by atoms with Crippen molar-refractivity contribution in [3.63, 3.8) is 0 Å². The summed E-state index contributed by atoms with van der Waals surface area (Å²) in [6.07, 6.45) is -5.51. The molecule has 6 nitrogen and oxygen atoms in total. The third-order valence-corrected chi connectivity index (χ3v) is 4.34. The number of rotatable bonds is 2. The van der Waals surface area contributed by atoms with Crippen molar-refractivity contribution in [2.24, 2.45) is 0 Å². The number of fused-ring (bicyclic) bond motifs is 1. The fourth-order valence-electron chi connectivity index (χ4n) is 3.13.